The number of hydrogen-bond donors (Lipinski definition) is 0. The Morgan fingerprint density at radius 1 is 0.952 bits per heavy atom. The highest BCUT2D eigenvalue weighted by Crippen LogP contribution is 2.08. The molecule has 0 aliphatic carbocycles. The number of esters is 2. The zero-order valence-electron chi connectivity index (χ0n) is 11.9. The zero-order valence-corrected chi connectivity index (χ0v) is 12.7. The predicted molar refractivity (Wildman–Crippen MR) is 83.3 cm³/mol. The highest BCUT2D eigenvalue weighted by molar-refractivity contribution is 7.09. The van der Waals surface area contributed by atoms with Crippen molar-refractivity contribution in [3.8, 4) is 0 Å². The Morgan fingerprint density at radius 3 is 1.76 bits per heavy atom. The van der Waals surface area contributed by atoms with E-state index >= 15 is 0 Å². The third-order valence-electron chi connectivity index (χ3n) is 2.75. The summed E-state index contributed by atoms with van der Waals surface area (Å²) in [6.45, 7) is 4.19. The van der Waals surface area contributed by atoms with Crippen LogP contribution < -0.4 is 9.06 Å². The second-order valence-corrected chi connectivity index (χ2v) is 5.25. The molecule has 0 saturated carbocycles. The Labute approximate surface area is 126 Å². The minimum absolute atomic E-state index is 0.334. The molecule has 1 aromatic heterocycles. The minimum Gasteiger partial charge on any atom is -0.463 e. The highest BCUT2D eigenvalue weighted by Gasteiger charge is 2.05. The molecule has 21 heavy (non-hydrogen) atoms. The average molecular weight is 304 g/mol. The standard InChI is InChI=1S/C16H16O4S/c1-3-19-15(17)9-13-11-7-5-6-8-12(11)14(21-13)10-16(18)20-4-2/h5-10H,3-4H2,1-2H3/b13-9-,14-10-. The number of ether oxygens (including phenoxy) is 2. The lowest BCUT2D eigenvalue weighted by molar-refractivity contribution is -0.136. The second kappa shape index (κ2) is 7.04. The molecule has 2 aromatic rings. The third-order valence-corrected chi connectivity index (χ3v) is 3.86. The molecule has 0 N–H and O–H groups in total. The Hall–Kier alpha value is -2.14. The van der Waals surface area contributed by atoms with Crippen LogP contribution in [-0.2, 0) is 19.1 Å². The summed E-state index contributed by atoms with van der Waals surface area (Å²) in [7, 11) is 0. The van der Waals surface area contributed by atoms with Gasteiger partial charge in [-0.15, -0.1) is 11.3 Å². The van der Waals surface area contributed by atoms with Gasteiger partial charge in [-0.25, -0.2) is 9.59 Å². The van der Waals surface area contributed by atoms with Crippen LogP contribution in [0, 0.1) is 0 Å². The maximum atomic E-state index is 11.6. The molecule has 0 saturated heterocycles. The normalized spacial score (nSPS) is 12.7. The van der Waals surface area contributed by atoms with E-state index in [9.17, 15) is 9.59 Å². The third kappa shape index (κ3) is 3.70. The van der Waals surface area contributed by atoms with Crippen molar-refractivity contribution in [2.45, 2.75) is 13.8 Å². The maximum absolute atomic E-state index is 11.6. The Bertz CT molecular complexity index is 709. The van der Waals surface area contributed by atoms with Crippen LogP contribution in [0.1, 0.15) is 13.8 Å². The van der Waals surface area contributed by atoms with Gasteiger partial charge in [-0.3, -0.25) is 0 Å². The van der Waals surface area contributed by atoms with Crippen LogP contribution in [0.3, 0.4) is 0 Å². The molecular formula is C16H16O4S. The zero-order chi connectivity index (χ0) is 15.2. The lowest BCUT2D eigenvalue weighted by Gasteiger charge is -1.93. The average Bonchev–Trinajstić information content (AvgIpc) is 2.78. The lowest BCUT2D eigenvalue weighted by Crippen LogP contribution is -2.06. The topological polar surface area (TPSA) is 52.6 Å². The number of thiophene rings is 1. The molecule has 0 radical (unpaired) electrons. The molecular weight excluding hydrogens is 288 g/mol. The quantitative estimate of drug-likeness (QED) is 0.805. The van der Waals surface area contributed by atoms with Crippen LogP contribution in [-0.4, -0.2) is 25.2 Å². The van der Waals surface area contributed by atoms with E-state index in [0.717, 1.165) is 19.8 Å². The van der Waals surface area contributed by atoms with Gasteiger partial charge in [-0.1, -0.05) is 24.3 Å². The van der Waals surface area contributed by atoms with E-state index in [1.54, 1.807) is 13.8 Å². The molecule has 0 spiro atoms. The number of benzene rings is 1. The second-order valence-electron chi connectivity index (χ2n) is 4.17. The highest BCUT2D eigenvalue weighted by atomic mass is 32.1. The molecule has 1 heterocycles. The van der Waals surface area contributed by atoms with Crippen molar-refractivity contribution in [2.75, 3.05) is 13.2 Å². The smallest absolute Gasteiger partial charge is 0.332 e. The summed E-state index contributed by atoms with van der Waals surface area (Å²) < 4.78 is 11.4. The van der Waals surface area contributed by atoms with Gasteiger partial charge in [-0.05, 0) is 13.8 Å². The molecule has 0 atom stereocenters. The van der Waals surface area contributed by atoms with Gasteiger partial charge in [0, 0.05) is 32.0 Å². The van der Waals surface area contributed by atoms with Gasteiger partial charge in [-0.2, -0.15) is 0 Å². The number of carbonyl (C=O) groups is 2. The molecule has 4 nitrogen and oxygen atoms in total. The predicted octanol–water partition coefficient (Wildman–Crippen LogP) is 1.59. The van der Waals surface area contributed by atoms with Gasteiger partial charge in [0.15, 0.2) is 0 Å². The van der Waals surface area contributed by atoms with Crippen molar-refractivity contribution in [1.29, 1.82) is 0 Å². The Balaban J connectivity index is 2.59. The van der Waals surface area contributed by atoms with Gasteiger partial charge in [0.1, 0.15) is 0 Å². The molecule has 0 aliphatic rings. The number of fused-ring (bicyclic) bond motifs is 1. The first-order valence-corrected chi connectivity index (χ1v) is 7.51. The van der Waals surface area contributed by atoms with Crippen LogP contribution in [0.5, 0.6) is 0 Å². The summed E-state index contributed by atoms with van der Waals surface area (Å²) in [6.07, 6.45) is 2.91. The van der Waals surface area contributed by atoms with Crippen LogP contribution in [0.2, 0.25) is 0 Å². The van der Waals surface area contributed by atoms with Crippen LogP contribution in [0.25, 0.3) is 22.9 Å². The number of rotatable bonds is 4. The molecule has 0 unspecified atom stereocenters. The van der Waals surface area contributed by atoms with Crippen molar-refractivity contribution in [1.82, 2.24) is 0 Å². The molecule has 0 bridgehead atoms. The monoisotopic (exact) mass is 304 g/mol. The van der Waals surface area contributed by atoms with E-state index in [2.05, 4.69) is 0 Å². The molecule has 5 heteroatoms. The fraction of sp³-hybridized carbons (Fsp3) is 0.250. The molecule has 0 aliphatic heterocycles. The van der Waals surface area contributed by atoms with Crippen molar-refractivity contribution >= 4 is 46.2 Å². The summed E-state index contributed by atoms with van der Waals surface area (Å²) in [5.41, 5.74) is 0. The van der Waals surface area contributed by atoms with Gasteiger partial charge >= 0.3 is 11.9 Å². The van der Waals surface area contributed by atoms with Gasteiger partial charge < -0.3 is 9.47 Å². The fourth-order valence-electron chi connectivity index (χ4n) is 1.94. The Kier molecular flexibility index (Phi) is 5.11. The number of hydrogen-bond acceptors (Lipinski definition) is 5. The molecule has 1 aromatic carbocycles. The van der Waals surface area contributed by atoms with Crippen LogP contribution in [0.15, 0.2) is 24.3 Å². The Morgan fingerprint density at radius 2 is 1.38 bits per heavy atom. The first-order chi connectivity index (χ1) is 10.2. The van der Waals surface area contributed by atoms with Crippen LogP contribution >= 0.6 is 11.3 Å². The molecule has 0 amide bonds. The van der Waals surface area contributed by atoms with Crippen molar-refractivity contribution in [3.05, 3.63) is 33.3 Å². The van der Waals surface area contributed by atoms with Crippen LogP contribution in [0.4, 0.5) is 0 Å². The van der Waals surface area contributed by atoms with E-state index in [1.807, 2.05) is 24.3 Å². The fourth-order valence-corrected chi connectivity index (χ4v) is 3.06. The molecule has 0 fully saturated rings. The van der Waals surface area contributed by atoms with Gasteiger partial charge in [0.05, 0.1) is 13.2 Å². The largest absolute Gasteiger partial charge is 0.463 e. The first kappa shape index (κ1) is 15.3. The van der Waals surface area contributed by atoms with Crippen molar-refractivity contribution in [3.63, 3.8) is 0 Å². The lowest BCUT2D eigenvalue weighted by atomic mass is 10.2. The van der Waals surface area contributed by atoms with E-state index < -0.39 is 0 Å². The summed E-state index contributed by atoms with van der Waals surface area (Å²) in [6, 6.07) is 7.62. The summed E-state index contributed by atoms with van der Waals surface area (Å²) in [5, 5.41) is 1.84. The van der Waals surface area contributed by atoms with E-state index in [1.165, 1.54) is 23.5 Å². The van der Waals surface area contributed by atoms with E-state index in [4.69, 9.17) is 9.47 Å². The van der Waals surface area contributed by atoms with Gasteiger partial charge in [0.25, 0.3) is 0 Å². The molecule has 2 rings (SSSR count). The van der Waals surface area contributed by atoms with E-state index in [0.29, 0.717) is 13.2 Å². The SMILES string of the molecule is CCOC(=O)/C=c1\s/c(=C\C(=O)OCC)c2ccccc12. The minimum atomic E-state index is -0.382. The summed E-state index contributed by atoms with van der Waals surface area (Å²) >= 11 is 1.37. The molecule has 110 valence electrons. The first-order valence-electron chi connectivity index (χ1n) is 6.70. The summed E-state index contributed by atoms with van der Waals surface area (Å²) in [5.74, 6) is -0.764. The van der Waals surface area contributed by atoms with E-state index in [-0.39, 0.29) is 11.9 Å². The van der Waals surface area contributed by atoms with Crippen molar-refractivity contribution in [2.24, 2.45) is 0 Å². The van der Waals surface area contributed by atoms with Crippen molar-refractivity contribution < 1.29 is 19.1 Å². The maximum Gasteiger partial charge on any atom is 0.332 e. The summed E-state index contributed by atoms with van der Waals surface area (Å²) in [4.78, 5) is 23.2. The number of carbonyl (C=O) groups excluding carboxylic acids is 2. The van der Waals surface area contributed by atoms with Gasteiger partial charge in [0.2, 0.25) is 0 Å².